The molecule has 0 saturated carbocycles. The highest BCUT2D eigenvalue weighted by atomic mass is 35.5. The predicted molar refractivity (Wildman–Crippen MR) is 86.4 cm³/mol. The Morgan fingerprint density at radius 1 is 1.23 bits per heavy atom. The number of aliphatic carboxylic acids is 1. The number of benzene rings is 2. The molecule has 22 heavy (non-hydrogen) atoms. The maximum Gasteiger partial charge on any atom is 0.328 e. The number of fused-ring (bicyclic) bond motifs is 1. The third kappa shape index (κ3) is 2.79. The van der Waals surface area contributed by atoms with Crippen LogP contribution in [0.3, 0.4) is 0 Å². The van der Waals surface area contributed by atoms with Crippen molar-refractivity contribution < 1.29 is 14.7 Å². The van der Waals surface area contributed by atoms with Gasteiger partial charge in [-0.05, 0) is 16.3 Å². The SMILES string of the molecule is Cl.N=C(N)c1ccc(C(N)(CC=O)C(=O)O)c2ccccc12. The lowest BCUT2D eigenvalue weighted by Crippen LogP contribution is -2.45. The van der Waals surface area contributed by atoms with Gasteiger partial charge in [-0.2, -0.15) is 0 Å². The summed E-state index contributed by atoms with van der Waals surface area (Å²) in [5.74, 6) is -1.40. The fourth-order valence-electron chi connectivity index (χ4n) is 2.37. The molecule has 116 valence electrons. The third-order valence-corrected chi connectivity index (χ3v) is 3.48. The van der Waals surface area contributed by atoms with Crippen molar-refractivity contribution in [2.75, 3.05) is 0 Å². The number of hydrogen-bond donors (Lipinski definition) is 4. The molecule has 1 unspecified atom stereocenters. The van der Waals surface area contributed by atoms with Crippen LogP contribution in [0.4, 0.5) is 0 Å². The number of nitrogens with one attached hydrogen (secondary N) is 1. The van der Waals surface area contributed by atoms with E-state index in [9.17, 15) is 14.7 Å². The zero-order valence-electron chi connectivity index (χ0n) is 11.6. The second-order valence-corrected chi connectivity index (χ2v) is 4.77. The first-order valence-electron chi connectivity index (χ1n) is 6.24. The summed E-state index contributed by atoms with van der Waals surface area (Å²) in [5, 5.41) is 18.2. The van der Waals surface area contributed by atoms with Gasteiger partial charge in [-0.3, -0.25) is 5.41 Å². The fourth-order valence-corrected chi connectivity index (χ4v) is 2.37. The van der Waals surface area contributed by atoms with Crippen LogP contribution in [-0.4, -0.2) is 23.2 Å². The molecule has 0 spiro atoms. The Labute approximate surface area is 133 Å². The lowest BCUT2D eigenvalue weighted by Gasteiger charge is -2.25. The Hall–Kier alpha value is -2.44. The van der Waals surface area contributed by atoms with E-state index < -0.39 is 11.5 Å². The minimum atomic E-state index is -1.81. The van der Waals surface area contributed by atoms with E-state index in [0.29, 0.717) is 28.2 Å². The molecule has 2 rings (SSSR count). The van der Waals surface area contributed by atoms with E-state index in [0.717, 1.165) is 0 Å². The quantitative estimate of drug-likeness (QED) is 0.375. The summed E-state index contributed by atoms with van der Waals surface area (Å²) in [5.41, 5.74) is 10.5. The smallest absolute Gasteiger partial charge is 0.328 e. The Morgan fingerprint density at radius 2 is 1.82 bits per heavy atom. The summed E-state index contributed by atoms with van der Waals surface area (Å²) >= 11 is 0. The lowest BCUT2D eigenvalue weighted by molar-refractivity contribution is -0.144. The van der Waals surface area contributed by atoms with Gasteiger partial charge in [-0.25, -0.2) is 4.79 Å². The average Bonchev–Trinajstić information content (AvgIpc) is 2.45. The maximum atomic E-state index is 11.5. The second kappa shape index (κ2) is 6.55. The minimum absolute atomic E-state index is 0. The number of nitrogen functional groups attached to an aromatic ring is 1. The largest absolute Gasteiger partial charge is 0.480 e. The number of carboxylic acid groups (broad SMARTS) is 1. The molecule has 2 aromatic rings. The van der Waals surface area contributed by atoms with Gasteiger partial charge in [0.25, 0.3) is 0 Å². The van der Waals surface area contributed by atoms with Gasteiger partial charge in [-0.1, -0.05) is 36.4 Å². The predicted octanol–water partition coefficient (Wildman–Crippen LogP) is 1.37. The van der Waals surface area contributed by atoms with Crippen LogP contribution >= 0.6 is 12.4 Å². The Kier molecular flexibility index (Phi) is 5.24. The molecule has 7 heteroatoms. The van der Waals surface area contributed by atoms with Gasteiger partial charge in [0.1, 0.15) is 17.7 Å². The van der Waals surface area contributed by atoms with Crippen LogP contribution in [0.25, 0.3) is 10.8 Å². The standard InChI is InChI=1S/C15H15N3O3.ClH/c16-13(17)11-5-6-12(10-4-2-1-3-9(10)11)15(18,7-8-19)14(20)21;/h1-6,8H,7,18H2,(H3,16,17)(H,20,21);1H. The van der Waals surface area contributed by atoms with Gasteiger partial charge in [-0.15, -0.1) is 12.4 Å². The summed E-state index contributed by atoms with van der Waals surface area (Å²) in [6.07, 6.45) is 0.146. The number of nitrogens with two attached hydrogens (primary N) is 2. The molecule has 0 aliphatic rings. The van der Waals surface area contributed by atoms with Crippen LogP contribution < -0.4 is 11.5 Å². The zero-order valence-corrected chi connectivity index (χ0v) is 12.4. The maximum absolute atomic E-state index is 11.5. The van der Waals surface area contributed by atoms with Crippen LogP contribution in [0.2, 0.25) is 0 Å². The highest BCUT2D eigenvalue weighted by Crippen LogP contribution is 2.31. The number of rotatable bonds is 5. The second-order valence-electron chi connectivity index (χ2n) is 4.77. The average molecular weight is 322 g/mol. The number of carbonyl (C=O) groups excluding carboxylic acids is 1. The van der Waals surface area contributed by atoms with E-state index in [1.54, 1.807) is 30.3 Å². The van der Waals surface area contributed by atoms with Gasteiger partial charge in [0, 0.05) is 12.0 Å². The van der Waals surface area contributed by atoms with Crippen LogP contribution in [0.5, 0.6) is 0 Å². The number of carbonyl (C=O) groups is 2. The monoisotopic (exact) mass is 321 g/mol. The highest BCUT2D eigenvalue weighted by molar-refractivity contribution is 6.09. The number of hydrogen-bond acceptors (Lipinski definition) is 4. The van der Waals surface area contributed by atoms with E-state index in [1.165, 1.54) is 6.07 Å². The van der Waals surface area contributed by atoms with Crippen molar-refractivity contribution in [2.45, 2.75) is 12.0 Å². The number of carboxylic acids is 1. The normalized spacial score (nSPS) is 13.0. The Morgan fingerprint density at radius 3 is 2.32 bits per heavy atom. The van der Waals surface area contributed by atoms with Crippen LogP contribution in [0.1, 0.15) is 17.5 Å². The molecule has 0 radical (unpaired) electrons. The molecule has 0 bridgehead atoms. The molecule has 2 aromatic carbocycles. The van der Waals surface area contributed by atoms with Gasteiger partial charge < -0.3 is 21.4 Å². The first-order valence-corrected chi connectivity index (χ1v) is 6.24. The van der Waals surface area contributed by atoms with Crippen molar-refractivity contribution in [3.8, 4) is 0 Å². The van der Waals surface area contributed by atoms with E-state index in [-0.39, 0.29) is 24.7 Å². The summed E-state index contributed by atoms with van der Waals surface area (Å²) in [4.78, 5) is 22.3. The van der Waals surface area contributed by atoms with Crippen molar-refractivity contribution in [3.05, 3.63) is 47.5 Å². The van der Waals surface area contributed by atoms with Crippen LogP contribution in [-0.2, 0) is 15.1 Å². The molecule has 6 N–H and O–H groups in total. The summed E-state index contributed by atoms with van der Waals surface area (Å²) in [6, 6.07) is 9.99. The van der Waals surface area contributed by atoms with Crippen molar-refractivity contribution in [1.29, 1.82) is 5.41 Å². The summed E-state index contributed by atoms with van der Waals surface area (Å²) < 4.78 is 0. The first-order chi connectivity index (χ1) is 9.91. The van der Waals surface area contributed by atoms with Crippen molar-refractivity contribution in [3.63, 3.8) is 0 Å². The molecule has 0 saturated heterocycles. The molecular weight excluding hydrogens is 306 g/mol. The number of halogens is 1. The van der Waals surface area contributed by atoms with Crippen LogP contribution in [0.15, 0.2) is 36.4 Å². The molecule has 0 heterocycles. The van der Waals surface area contributed by atoms with Crippen molar-refractivity contribution in [1.82, 2.24) is 0 Å². The van der Waals surface area contributed by atoms with Crippen molar-refractivity contribution in [2.24, 2.45) is 11.5 Å². The molecule has 0 fully saturated rings. The van der Waals surface area contributed by atoms with Gasteiger partial charge in [0.2, 0.25) is 0 Å². The molecule has 0 aliphatic carbocycles. The third-order valence-electron chi connectivity index (χ3n) is 3.48. The number of amidine groups is 1. The summed E-state index contributed by atoms with van der Waals surface area (Å²) in [7, 11) is 0. The molecule has 1 atom stereocenters. The summed E-state index contributed by atoms with van der Waals surface area (Å²) in [6.45, 7) is 0. The fraction of sp³-hybridized carbons (Fsp3) is 0.133. The van der Waals surface area contributed by atoms with E-state index in [2.05, 4.69) is 0 Å². The molecular formula is C15H16ClN3O3. The molecule has 6 nitrogen and oxygen atoms in total. The van der Waals surface area contributed by atoms with Gasteiger partial charge in [0.05, 0.1) is 0 Å². The minimum Gasteiger partial charge on any atom is -0.480 e. The van der Waals surface area contributed by atoms with Crippen molar-refractivity contribution >= 4 is 41.3 Å². The first kappa shape index (κ1) is 17.6. The molecule has 0 amide bonds. The molecule has 0 aliphatic heterocycles. The topological polar surface area (TPSA) is 130 Å². The van der Waals surface area contributed by atoms with Crippen LogP contribution in [0, 0.1) is 5.41 Å². The van der Waals surface area contributed by atoms with E-state index in [1.807, 2.05) is 0 Å². The molecule has 0 aromatic heterocycles. The Bertz CT molecular complexity index is 748. The highest BCUT2D eigenvalue weighted by Gasteiger charge is 2.37. The lowest BCUT2D eigenvalue weighted by atomic mass is 9.83. The zero-order chi connectivity index (χ0) is 15.6. The number of aldehydes is 1. The van der Waals surface area contributed by atoms with Gasteiger partial charge in [0.15, 0.2) is 0 Å². The van der Waals surface area contributed by atoms with E-state index >= 15 is 0 Å². The van der Waals surface area contributed by atoms with E-state index in [4.69, 9.17) is 16.9 Å². The Balaban J connectivity index is 0.00000242. The van der Waals surface area contributed by atoms with Gasteiger partial charge >= 0.3 is 5.97 Å².